The summed E-state index contributed by atoms with van der Waals surface area (Å²) in [6, 6.07) is 2.60. The van der Waals surface area contributed by atoms with Crippen molar-refractivity contribution in [3.8, 4) is 0 Å². The molecule has 0 saturated heterocycles. The highest BCUT2D eigenvalue weighted by molar-refractivity contribution is 5.36. The number of rotatable bonds is 4. The molecule has 0 aromatic carbocycles. The minimum absolute atomic E-state index is 0.657. The molecule has 1 N–H and O–H groups in total. The van der Waals surface area contributed by atoms with Gasteiger partial charge in [-0.15, -0.1) is 0 Å². The van der Waals surface area contributed by atoms with Crippen molar-refractivity contribution in [2.75, 3.05) is 5.32 Å². The topological polar surface area (TPSA) is 37.8 Å². The van der Waals surface area contributed by atoms with Gasteiger partial charge in [0.15, 0.2) is 0 Å². The van der Waals surface area contributed by atoms with E-state index in [0.29, 0.717) is 6.04 Å². The number of anilines is 1. The summed E-state index contributed by atoms with van der Waals surface area (Å²) in [4.78, 5) is 8.40. The van der Waals surface area contributed by atoms with Gasteiger partial charge in [-0.3, -0.25) is 0 Å². The molecule has 3 heteroatoms. The molecule has 1 fully saturated rings. The first-order chi connectivity index (χ1) is 6.79. The molecule has 2 atom stereocenters. The maximum absolute atomic E-state index is 4.33. The maximum Gasteiger partial charge on any atom is 0.129 e. The van der Waals surface area contributed by atoms with Gasteiger partial charge >= 0.3 is 0 Å². The van der Waals surface area contributed by atoms with E-state index in [4.69, 9.17) is 0 Å². The van der Waals surface area contributed by atoms with Gasteiger partial charge in [0.1, 0.15) is 11.6 Å². The number of hydrogen-bond acceptors (Lipinski definition) is 3. The molecular formula is C11H17N3. The molecule has 3 nitrogen and oxygen atoms in total. The van der Waals surface area contributed by atoms with Gasteiger partial charge in [0.25, 0.3) is 0 Å². The number of hydrogen-bond donors (Lipinski definition) is 1. The fraction of sp³-hybridized carbons (Fsp3) is 0.636. The second-order valence-corrected chi connectivity index (χ2v) is 4.02. The number of nitrogens with one attached hydrogen (secondary N) is 1. The highest BCUT2D eigenvalue weighted by atomic mass is 15.1. The van der Waals surface area contributed by atoms with Gasteiger partial charge in [0, 0.05) is 12.2 Å². The molecule has 1 aromatic heterocycles. The Labute approximate surface area is 85.0 Å². The van der Waals surface area contributed by atoms with E-state index in [1.54, 1.807) is 0 Å². The summed E-state index contributed by atoms with van der Waals surface area (Å²) >= 11 is 0. The molecule has 1 saturated carbocycles. The molecule has 76 valence electrons. The van der Waals surface area contributed by atoms with E-state index in [2.05, 4.69) is 22.2 Å². The maximum atomic E-state index is 4.33. The minimum atomic E-state index is 0.657. The summed E-state index contributed by atoms with van der Waals surface area (Å²) in [5.41, 5.74) is 0. The van der Waals surface area contributed by atoms with E-state index < -0.39 is 0 Å². The highest BCUT2D eigenvalue weighted by Crippen LogP contribution is 2.36. The zero-order chi connectivity index (χ0) is 9.97. The van der Waals surface area contributed by atoms with Crippen LogP contribution in [0.15, 0.2) is 12.3 Å². The van der Waals surface area contributed by atoms with Crippen LogP contribution in [-0.2, 0) is 0 Å². The van der Waals surface area contributed by atoms with Gasteiger partial charge in [-0.05, 0) is 31.7 Å². The SMILES string of the molecule is CCCC1CC1Nc1ccnc(C)n1. The van der Waals surface area contributed by atoms with Crippen LogP contribution in [-0.4, -0.2) is 16.0 Å². The van der Waals surface area contributed by atoms with Crippen molar-refractivity contribution in [3.63, 3.8) is 0 Å². The average Bonchev–Trinajstić information content (AvgIpc) is 2.84. The molecule has 2 unspecified atom stereocenters. The molecule has 0 spiro atoms. The van der Waals surface area contributed by atoms with Crippen molar-refractivity contribution in [2.24, 2.45) is 5.92 Å². The van der Waals surface area contributed by atoms with E-state index >= 15 is 0 Å². The van der Waals surface area contributed by atoms with E-state index in [0.717, 1.165) is 17.6 Å². The Bertz CT molecular complexity index is 311. The first-order valence-electron chi connectivity index (χ1n) is 5.35. The zero-order valence-corrected chi connectivity index (χ0v) is 8.83. The van der Waals surface area contributed by atoms with Gasteiger partial charge in [0.05, 0.1) is 0 Å². The highest BCUT2D eigenvalue weighted by Gasteiger charge is 2.35. The third kappa shape index (κ3) is 2.22. The Balaban J connectivity index is 1.87. The molecule has 0 radical (unpaired) electrons. The fourth-order valence-electron chi connectivity index (χ4n) is 1.84. The summed E-state index contributed by atoms with van der Waals surface area (Å²) in [6.07, 6.45) is 5.73. The second kappa shape index (κ2) is 3.95. The average molecular weight is 191 g/mol. The molecule has 0 bridgehead atoms. The summed E-state index contributed by atoms with van der Waals surface area (Å²) in [5, 5.41) is 3.44. The van der Waals surface area contributed by atoms with Crippen molar-refractivity contribution >= 4 is 5.82 Å². The molecule has 0 aliphatic heterocycles. The predicted molar refractivity (Wildman–Crippen MR) is 57.2 cm³/mol. The number of aryl methyl sites for hydroxylation is 1. The lowest BCUT2D eigenvalue weighted by Gasteiger charge is -2.04. The molecule has 0 amide bonds. The lowest BCUT2D eigenvalue weighted by molar-refractivity contribution is 0.692. The lowest BCUT2D eigenvalue weighted by atomic mass is 10.2. The van der Waals surface area contributed by atoms with Crippen molar-refractivity contribution in [1.29, 1.82) is 0 Å². The van der Waals surface area contributed by atoms with Crippen LogP contribution in [0.1, 0.15) is 32.0 Å². The van der Waals surface area contributed by atoms with Gasteiger partial charge < -0.3 is 5.32 Å². The van der Waals surface area contributed by atoms with Crippen molar-refractivity contribution < 1.29 is 0 Å². The van der Waals surface area contributed by atoms with Crippen LogP contribution < -0.4 is 5.32 Å². The normalized spacial score (nSPS) is 24.7. The molecule has 1 aliphatic carbocycles. The first-order valence-corrected chi connectivity index (χ1v) is 5.35. The largest absolute Gasteiger partial charge is 0.367 e. The third-order valence-electron chi connectivity index (χ3n) is 2.69. The predicted octanol–water partition coefficient (Wildman–Crippen LogP) is 2.39. The van der Waals surface area contributed by atoms with Crippen LogP contribution in [0.25, 0.3) is 0 Å². The Kier molecular flexibility index (Phi) is 2.66. The van der Waals surface area contributed by atoms with Crippen molar-refractivity contribution in [1.82, 2.24) is 9.97 Å². The van der Waals surface area contributed by atoms with Crippen LogP contribution in [0, 0.1) is 12.8 Å². The van der Waals surface area contributed by atoms with Crippen LogP contribution in [0.3, 0.4) is 0 Å². The van der Waals surface area contributed by atoms with Crippen LogP contribution >= 0.6 is 0 Å². The van der Waals surface area contributed by atoms with Crippen LogP contribution in [0.4, 0.5) is 5.82 Å². The fourth-order valence-corrected chi connectivity index (χ4v) is 1.84. The monoisotopic (exact) mass is 191 g/mol. The molecular weight excluding hydrogens is 174 g/mol. The number of aromatic nitrogens is 2. The van der Waals surface area contributed by atoms with E-state index in [-0.39, 0.29) is 0 Å². The summed E-state index contributed by atoms with van der Waals surface area (Å²) < 4.78 is 0. The van der Waals surface area contributed by atoms with E-state index in [1.807, 2.05) is 19.2 Å². The molecule has 1 aliphatic rings. The van der Waals surface area contributed by atoms with Crippen molar-refractivity contribution in [3.05, 3.63) is 18.1 Å². The molecule has 14 heavy (non-hydrogen) atoms. The molecule has 1 heterocycles. The van der Waals surface area contributed by atoms with Gasteiger partial charge in [0.2, 0.25) is 0 Å². The zero-order valence-electron chi connectivity index (χ0n) is 8.83. The Morgan fingerprint density at radius 2 is 2.43 bits per heavy atom. The lowest BCUT2D eigenvalue weighted by Crippen LogP contribution is -2.06. The van der Waals surface area contributed by atoms with Gasteiger partial charge in [-0.1, -0.05) is 13.3 Å². The number of nitrogens with zero attached hydrogens (tertiary/aromatic N) is 2. The second-order valence-electron chi connectivity index (χ2n) is 4.02. The van der Waals surface area contributed by atoms with E-state index in [1.165, 1.54) is 19.3 Å². The Morgan fingerprint density at radius 3 is 3.14 bits per heavy atom. The Morgan fingerprint density at radius 1 is 1.57 bits per heavy atom. The van der Waals surface area contributed by atoms with Crippen molar-refractivity contribution in [2.45, 2.75) is 39.2 Å². The van der Waals surface area contributed by atoms with Gasteiger partial charge in [-0.25, -0.2) is 9.97 Å². The Hall–Kier alpha value is -1.12. The summed E-state index contributed by atoms with van der Waals surface area (Å²) in [5.74, 6) is 2.68. The van der Waals surface area contributed by atoms with Crippen LogP contribution in [0.2, 0.25) is 0 Å². The van der Waals surface area contributed by atoms with Crippen LogP contribution in [0.5, 0.6) is 0 Å². The first kappa shape index (κ1) is 9.44. The minimum Gasteiger partial charge on any atom is -0.367 e. The standard InChI is InChI=1S/C11H17N3/c1-3-4-9-7-10(9)14-11-5-6-12-8(2)13-11/h5-6,9-10H,3-4,7H2,1-2H3,(H,12,13,14). The third-order valence-corrected chi connectivity index (χ3v) is 2.69. The van der Waals surface area contributed by atoms with Gasteiger partial charge in [-0.2, -0.15) is 0 Å². The molecule has 1 aromatic rings. The van der Waals surface area contributed by atoms with E-state index in [9.17, 15) is 0 Å². The molecule has 2 rings (SSSR count). The quantitative estimate of drug-likeness (QED) is 0.794. The summed E-state index contributed by atoms with van der Waals surface area (Å²) in [7, 11) is 0. The smallest absolute Gasteiger partial charge is 0.129 e. The summed E-state index contributed by atoms with van der Waals surface area (Å²) in [6.45, 7) is 4.16.